The molecule has 0 spiro atoms. The number of nitrogens with one attached hydrogen (secondary N) is 1. The minimum absolute atomic E-state index is 0.265. The molecule has 1 amide bonds. The highest BCUT2D eigenvalue weighted by Gasteiger charge is 2.40. The van der Waals surface area contributed by atoms with Crippen LogP contribution in [0, 0.1) is 11.3 Å². The Morgan fingerprint density at radius 2 is 2.29 bits per heavy atom. The molecule has 0 saturated heterocycles. The number of thioether (sulfide) groups is 1. The van der Waals surface area contributed by atoms with Gasteiger partial charge in [0.25, 0.3) is 0 Å². The average molecular weight is 253 g/mol. The van der Waals surface area contributed by atoms with Crippen LogP contribution in [0.3, 0.4) is 0 Å². The first-order valence-corrected chi connectivity index (χ1v) is 7.27. The summed E-state index contributed by atoms with van der Waals surface area (Å²) in [6.45, 7) is 0. The first kappa shape index (κ1) is 12.7. The van der Waals surface area contributed by atoms with E-state index in [-0.39, 0.29) is 11.4 Å². The number of hydrogen-bond donors (Lipinski definition) is 2. The molecule has 94 valence electrons. The van der Waals surface area contributed by atoms with Gasteiger partial charge >= 0.3 is 0 Å². The highest BCUT2D eigenvalue weighted by Crippen LogP contribution is 2.37. The van der Waals surface area contributed by atoms with E-state index >= 15 is 0 Å². The summed E-state index contributed by atoms with van der Waals surface area (Å²) in [4.78, 5) is 10.8. The third-order valence-corrected chi connectivity index (χ3v) is 4.76. The maximum atomic E-state index is 10.8. The highest BCUT2D eigenvalue weighted by molar-refractivity contribution is 8.00. The Labute approximate surface area is 106 Å². The molecule has 2 aliphatic carbocycles. The van der Waals surface area contributed by atoms with Crippen molar-refractivity contribution >= 4 is 17.7 Å². The topological polar surface area (TPSA) is 78.9 Å². The number of carbonyl (C=O) groups excluding carboxylic acids is 1. The van der Waals surface area contributed by atoms with Crippen molar-refractivity contribution in [1.82, 2.24) is 5.32 Å². The van der Waals surface area contributed by atoms with Gasteiger partial charge in [0, 0.05) is 11.3 Å². The fraction of sp³-hybridized carbons (Fsp3) is 0.833. The van der Waals surface area contributed by atoms with Crippen molar-refractivity contribution in [3.63, 3.8) is 0 Å². The molecule has 0 aromatic carbocycles. The summed E-state index contributed by atoms with van der Waals surface area (Å²) in [5.41, 5.74) is 4.81. The van der Waals surface area contributed by atoms with Crippen molar-refractivity contribution in [3.05, 3.63) is 0 Å². The van der Waals surface area contributed by atoms with E-state index in [4.69, 9.17) is 5.73 Å². The summed E-state index contributed by atoms with van der Waals surface area (Å²) < 4.78 is 0. The average Bonchev–Trinajstić information content (AvgIpc) is 3.11. The molecule has 2 aliphatic rings. The summed E-state index contributed by atoms with van der Waals surface area (Å²) in [7, 11) is 0. The number of amides is 1. The van der Waals surface area contributed by atoms with E-state index in [1.54, 1.807) is 11.8 Å². The quantitative estimate of drug-likeness (QED) is 0.770. The first-order valence-electron chi connectivity index (χ1n) is 6.22. The standard InChI is InChI=1S/C12H19N3OS/c13-8-12(15-9-3-4-9)5-1-2-10(6-12)17-7-11(14)16/h9-10,15H,1-7H2,(H2,14,16). The van der Waals surface area contributed by atoms with Crippen LogP contribution in [0.5, 0.6) is 0 Å². The monoisotopic (exact) mass is 253 g/mol. The second-order valence-electron chi connectivity index (χ2n) is 5.11. The van der Waals surface area contributed by atoms with E-state index in [9.17, 15) is 10.1 Å². The maximum absolute atomic E-state index is 10.8. The SMILES string of the molecule is N#CC1(NC2CC2)CCCC(SCC(N)=O)C1. The first-order chi connectivity index (χ1) is 8.13. The zero-order chi connectivity index (χ0) is 12.3. The van der Waals surface area contributed by atoms with Gasteiger partial charge < -0.3 is 5.73 Å². The van der Waals surface area contributed by atoms with Crippen LogP contribution in [0.4, 0.5) is 0 Å². The van der Waals surface area contributed by atoms with Crippen LogP contribution in [0.15, 0.2) is 0 Å². The Morgan fingerprint density at radius 3 is 2.88 bits per heavy atom. The van der Waals surface area contributed by atoms with E-state index in [0.717, 1.165) is 25.7 Å². The lowest BCUT2D eigenvalue weighted by molar-refractivity contribution is -0.115. The second kappa shape index (κ2) is 5.28. The van der Waals surface area contributed by atoms with E-state index in [2.05, 4.69) is 11.4 Å². The summed E-state index contributed by atoms with van der Waals surface area (Å²) in [6.07, 6.45) is 6.33. The molecule has 0 bridgehead atoms. The van der Waals surface area contributed by atoms with Crippen LogP contribution in [-0.2, 0) is 4.79 Å². The van der Waals surface area contributed by atoms with Gasteiger partial charge in [0.1, 0.15) is 5.54 Å². The molecule has 2 unspecified atom stereocenters. The maximum Gasteiger partial charge on any atom is 0.227 e. The van der Waals surface area contributed by atoms with Crippen LogP contribution in [0.25, 0.3) is 0 Å². The zero-order valence-corrected chi connectivity index (χ0v) is 10.8. The van der Waals surface area contributed by atoms with Gasteiger partial charge in [-0.25, -0.2) is 0 Å². The number of nitrogens with two attached hydrogens (primary N) is 1. The summed E-state index contributed by atoms with van der Waals surface area (Å²) in [5, 5.41) is 13.3. The van der Waals surface area contributed by atoms with Gasteiger partial charge in [-0.1, -0.05) is 0 Å². The van der Waals surface area contributed by atoms with Gasteiger partial charge in [0.15, 0.2) is 0 Å². The molecule has 2 fully saturated rings. The number of rotatable bonds is 5. The van der Waals surface area contributed by atoms with E-state index in [1.165, 1.54) is 12.8 Å². The third-order valence-electron chi connectivity index (χ3n) is 3.44. The minimum Gasteiger partial charge on any atom is -0.369 e. The lowest BCUT2D eigenvalue weighted by Gasteiger charge is -2.36. The predicted octanol–water partition coefficient (Wildman–Crippen LogP) is 1.16. The normalized spacial score (nSPS) is 33.0. The Hall–Kier alpha value is -0.730. The van der Waals surface area contributed by atoms with Gasteiger partial charge in [-0.2, -0.15) is 5.26 Å². The fourth-order valence-electron chi connectivity index (χ4n) is 2.45. The van der Waals surface area contributed by atoms with Crippen molar-refractivity contribution in [2.24, 2.45) is 5.73 Å². The Balaban J connectivity index is 1.89. The van der Waals surface area contributed by atoms with Gasteiger partial charge in [0.2, 0.25) is 5.91 Å². The third kappa shape index (κ3) is 3.62. The largest absolute Gasteiger partial charge is 0.369 e. The highest BCUT2D eigenvalue weighted by atomic mass is 32.2. The smallest absolute Gasteiger partial charge is 0.227 e. The Kier molecular flexibility index (Phi) is 3.95. The molecule has 0 aromatic heterocycles. The van der Waals surface area contributed by atoms with Gasteiger partial charge in [-0.3, -0.25) is 10.1 Å². The fourth-order valence-corrected chi connectivity index (χ4v) is 3.59. The molecule has 2 rings (SSSR count). The molecule has 4 nitrogen and oxygen atoms in total. The molecule has 0 radical (unpaired) electrons. The van der Waals surface area contributed by atoms with E-state index in [0.29, 0.717) is 17.0 Å². The summed E-state index contributed by atoms with van der Waals surface area (Å²) in [6, 6.07) is 3.02. The van der Waals surface area contributed by atoms with Crippen molar-refractivity contribution in [1.29, 1.82) is 5.26 Å². The van der Waals surface area contributed by atoms with Gasteiger partial charge in [-0.05, 0) is 38.5 Å². The van der Waals surface area contributed by atoms with Crippen LogP contribution in [0.2, 0.25) is 0 Å². The number of primary amides is 1. The molecule has 5 heteroatoms. The summed E-state index contributed by atoms with van der Waals surface area (Å²) in [5.74, 6) is 0.105. The molecule has 2 saturated carbocycles. The van der Waals surface area contributed by atoms with Crippen LogP contribution in [-0.4, -0.2) is 28.5 Å². The number of nitrogens with zero attached hydrogens (tertiary/aromatic N) is 1. The van der Waals surface area contributed by atoms with Crippen molar-refractivity contribution in [2.75, 3.05) is 5.75 Å². The summed E-state index contributed by atoms with van der Waals surface area (Å²) >= 11 is 1.60. The molecule has 0 aromatic rings. The molecule has 0 heterocycles. The van der Waals surface area contributed by atoms with Crippen molar-refractivity contribution in [2.45, 2.75) is 55.4 Å². The molecule has 3 N–H and O–H groups in total. The van der Waals surface area contributed by atoms with Crippen LogP contribution in [0.1, 0.15) is 38.5 Å². The minimum atomic E-state index is -0.352. The van der Waals surface area contributed by atoms with Crippen LogP contribution < -0.4 is 11.1 Å². The van der Waals surface area contributed by atoms with E-state index < -0.39 is 0 Å². The number of hydrogen-bond acceptors (Lipinski definition) is 4. The van der Waals surface area contributed by atoms with Gasteiger partial charge in [-0.15, -0.1) is 11.8 Å². The molecule has 17 heavy (non-hydrogen) atoms. The predicted molar refractivity (Wildman–Crippen MR) is 68.4 cm³/mol. The Morgan fingerprint density at radius 1 is 1.53 bits per heavy atom. The molecular formula is C12H19N3OS. The number of nitriles is 1. The van der Waals surface area contributed by atoms with Crippen molar-refractivity contribution in [3.8, 4) is 6.07 Å². The van der Waals surface area contributed by atoms with Gasteiger partial charge in [0.05, 0.1) is 11.8 Å². The Bertz CT molecular complexity index is 337. The lowest BCUT2D eigenvalue weighted by atomic mass is 9.82. The zero-order valence-electron chi connectivity index (χ0n) is 9.95. The number of carbonyl (C=O) groups is 1. The molecule has 2 atom stereocenters. The van der Waals surface area contributed by atoms with E-state index in [1.807, 2.05) is 0 Å². The van der Waals surface area contributed by atoms with Crippen molar-refractivity contribution < 1.29 is 4.79 Å². The molecular weight excluding hydrogens is 234 g/mol. The lowest BCUT2D eigenvalue weighted by Crippen LogP contribution is -2.49. The van der Waals surface area contributed by atoms with Crippen LogP contribution >= 0.6 is 11.8 Å². The molecule has 0 aliphatic heterocycles. The second-order valence-corrected chi connectivity index (χ2v) is 6.40.